The van der Waals surface area contributed by atoms with Crippen molar-refractivity contribution in [2.75, 3.05) is 13.2 Å². The number of hydrogen-bond acceptors (Lipinski definition) is 3. The van der Waals surface area contributed by atoms with Crippen LogP contribution in [-0.2, 0) is 11.3 Å². The zero-order valence-corrected chi connectivity index (χ0v) is 13.0. The number of benzene rings is 1. The van der Waals surface area contributed by atoms with Crippen molar-refractivity contribution in [2.24, 2.45) is 0 Å². The highest BCUT2D eigenvalue weighted by Crippen LogP contribution is 2.16. The third-order valence-electron chi connectivity index (χ3n) is 3.37. The quantitative estimate of drug-likeness (QED) is 0.724. The Balaban J connectivity index is 1.51. The normalized spacial score (nSPS) is 10.4. The smallest absolute Gasteiger partial charge is 0.220 e. The van der Waals surface area contributed by atoms with Gasteiger partial charge in [0.25, 0.3) is 0 Å². The van der Waals surface area contributed by atoms with E-state index in [1.165, 1.54) is 0 Å². The van der Waals surface area contributed by atoms with Crippen LogP contribution in [0.25, 0.3) is 0 Å². The fourth-order valence-electron chi connectivity index (χ4n) is 2.13. The minimum atomic E-state index is 0.0824. The first-order valence-corrected chi connectivity index (χ1v) is 7.66. The monoisotopic (exact) mass is 301 g/mol. The first-order chi connectivity index (χ1) is 10.8. The van der Waals surface area contributed by atoms with E-state index in [0.717, 1.165) is 30.7 Å². The maximum Gasteiger partial charge on any atom is 0.220 e. The van der Waals surface area contributed by atoms with Gasteiger partial charge in [0, 0.05) is 31.9 Å². The minimum Gasteiger partial charge on any atom is -0.493 e. The van der Waals surface area contributed by atoms with Crippen LogP contribution in [-0.4, -0.2) is 28.6 Å². The molecule has 0 radical (unpaired) electrons. The summed E-state index contributed by atoms with van der Waals surface area (Å²) in [5.41, 5.74) is 1.12. The number of rotatable bonds is 9. The number of ether oxygens (including phenoxy) is 1. The summed E-state index contributed by atoms with van der Waals surface area (Å²) in [6, 6.07) is 7.91. The van der Waals surface area contributed by atoms with Crippen molar-refractivity contribution in [3.05, 3.63) is 48.5 Å². The van der Waals surface area contributed by atoms with Crippen LogP contribution in [0.4, 0.5) is 0 Å². The van der Waals surface area contributed by atoms with E-state index in [-0.39, 0.29) is 5.91 Å². The first kappa shape index (κ1) is 16.1. The van der Waals surface area contributed by atoms with Crippen molar-refractivity contribution in [3.63, 3.8) is 0 Å². The number of imidazole rings is 1. The SMILES string of the molecule is Cc1ccccc1OCCCC(=O)NCCCn1ccnc1. The van der Waals surface area contributed by atoms with Crippen LogP contribution in [0.1, 0.15) is 24.8 Å². The van der Waals surface area contributed by atoms with E-state index >= 15 is 0 Å². The number of nitrogens with one attached hydrogen (secondary N) is 1. The van der Waals surface area contributed by atoms with Gasteiger partial charge in [0.05, 0.1) is 12.9 Å². The molecule has 118 valence electrons. The third kappa shape index (κ3) is 5.60. The number of carbonyl (C=O) groups is 1. The molecule has 5 nitrogen and oxygen atoms in total. The number of hydrogen-bond donors (Lipinski definition) is 1. The lowest BCUT2D eigenvalue weighted by molar-refractivity contribution is -0.121. The molecule has 1 heterocycles. The van der Waals surface area contributed by atoms with Gasteiger partial charge in [-0.1, -0.05) is 18.2 Å². The Morgan fingerprint density at radius 3 is 2.95 bits per heavy atom. The summed E-state index contributed by atoms with van der Waals surface area (Å²) in [6.07, 6.45) is 7.59. The predicted octanol–water partition coefficient (Wildman–Crippen LogP) is 2.56. The van der Waals surface area contributed by atoms with Crippen LogP contribution in [0, 0.1) is 6.92 Å². The zero-order valence-electron chi connectivity index (χ0n) is 13.0. The molecule has 22 heavy (non-hydrogen) atoms. The number of para-hydroxylation sites is 1. The Morgan fingerprint density at radius 1 is 1.32 bits per heavy atom. The molecule has 0 atom stereocenters. The maximum absolute atomic E-state index is 11.7. The number of carbonyl (C=O) groups excluding carboxylic acids is 1. The van der Waals surface area contributed by atoms with E-state index in [1.54, 1.807) is 12.5 Å². The van der Waals surface area contributed by atoms with Crippen molar-refractivity contribution in [1.29, 1.82) is 0 Å². The van der Waals surface area contributed by atoms with Crippen LogP contribution in [0.15, 0.2) is 43.0 Å². The molecule has 0 aliphatic heterocycles. The van der Waals surface area contributed by atoms with Gasteiger partial charge in [-0.15, -0.1) is 0 Å². The minimum absolute atomic E-state index is 0.0824. The average molecular weight is 301 g/mol. The van der Waals surface area contributed by atoms with E-state index < -0.39 is 0 Å². The molecule has 0 aliphatic rings. The van der Waals surface area contributed by atoms with E-state index in [4.69, 9.17) is 4.74 Å². The largest absolute Gasteiger partial charge is 0.493 e. The molecule has 1 N–H and O–H groups in total. The van der Waals surface area contributed by atoms with Gasteiger partial charge >= 0.3 is 0 Å². The van der Waals surface area contributed by atoms with Gasteiger partial charge in [-0.05, 0) is 31.4 Å². The Bertz CT molecular complexity index is 567. The number of nitrogens with zero attached hydrogens (tertiary/aromatic N) is 2. The van der Waals surface area contributed by atoms with E-state index in [1.807, 2.05) is 42.0 Å². The standard InChI is InChI=1S/C17H23N3O2/c1-15-6-2-3-7-16(15)22-13-4-8-17(21)19-9-5-11-20-12-10-18-14-20/h2-3,6-7,10,12,14H,4-5,8-9,11,13H2,1H3,(H,19,21). The average Bonchev–Trinajstić information content (AvgIpc) is 3.03. The van der Waals surface area contributed by atoms with E-state index in [9.17, 15) is 4.79 Å². The molecular weight excluding hydrogens is 278 g/mol. The Hall–Kier alpha value is -2.30. The molecule has 1 aromatic heterocycles. The summed E-state index contributed by atoms with van der Waals surface area (Å²) < 4.78 is 7.67. The second-order valence-electron chi connectivity index (χ2n) is 5.22. The van der Waals surface area contributed by atoms with Crippen LogP contribution in [0.5, 0.6) is 5.75 Å². The molecule has 0 fully saturated rings. The van der Waals surface area contributed by atoms with Crippen molar-refractivity contribution in [1.82, 2.24) is 14.9 Å². The summed E-state index contributed by atoms with van der Waals surface area (Å²) in [5, 5.41) is 2.93. The molecule has 0 spiro atoms. The number of aryl methyl sites for hydroxylation is 2. The second-order valence-corrected chi connectivity index (χ2v) is 5.22. The predicted molar refractivity (Wildman–Crippen MR) is 85.8 cm³/mol. The lowest BCUT2D eigenvalue weighted by atomic mass is 10.2. The summed E-state index contributed by atoms with van der Waals surface area (Å²) in [4.78, 5) is 15.7. The molecular formula is C17H23N3O2. The van der Waals surface area contributed by atoms with Gasteiger partial charge in [0.1, 0.15) is 5.75 Å². The molecule has 0 unspecified atom stereocenters. The van der Waals surface area contributed by atoms with Crippen LogP contribution in [0.3, 0.4) is 0 Å². The third-order valence-corrected chi connectivity index (χ3v) is 3.37. The molecule has 2 rings (SSSR count). The van der Waals surface area contributed by atoms with Gasteiger partial charge in [0.2, 0.25) is 5.91 Å². The van der Waals surface area contributed by atoms with Crippen molar-refractivity contribution in [2.45, 2.75) is 32.7 Å². The molecule has 0 saturated carbocycles. The number of amides is 1. The van der Waals surface area contributed by atoms with Crippen LogP contribution < -0.4 is 10.1 Å². The van der Waals surface area contributed by atoms with E-state index in [2.05, 4.69) is 10.3 Å². The van der Waals surface area contributed by atoms with Crippen LogP contribution in [0.2, 0.25) is 0 Å². The molecule has 5 heteroatoms. The van der Waals surface area contributed by atoms with Crippen LogP contribution >= 0.6 is 0 Å². The van der Waals surface area contributed by atoms with Gasteiger partial charge in [0.15, 0.2) is 0 Å². The highest BCUT2D eigenvalue weighted by Gasteiger charge is 2.02. The second kappa shape index (κ2) is 8.87. The molecule has 1 aromatic carbocycles. The summed E-state index contributed by atoms with van der Waals surface area (Å²) in [6.45, 7) is 4.14. The Labute approximate surface area is 131 Å². The summed E-state index contributed by atoms with van der Waals surface area (Å²) in [7, 11) is 0. The summed E-state index contributed by atoms with van der Waals surface area (Å²) >= 11 is 0. The lowest BCUT2D eigenvalue weighted by Crippen LogP contribution is -2.25. The topological polar surface area (TPSA) is 56.1 Å². The molecule has 2 aromatic rings. The molecule has 0 bridgehead atoms. The van der Waals surface area contributed by atoms with Gasteiger partial charge in [-0.3, -0.25) is 4.79 Å². The van der Waals surface area contributed by atoms with Gasteiger partial charge in [-0.25, -0.2) is 4.98 Å². The highest BCUT2D eigenvalue weighted by atomic mass is 16.5. The van der Waals surface area contributed by atoms with Gasteiger partial charge in [-0.2, -0.15) is 0 Å². The Morgan fingerprint density at radius 2 is 2.18 bits per heavy atom. The van der Waals surface area contributed by atoms with Crippen molar-refractivity contribution >= 4 is 5.91 Å². The number of aromatic nitrogens is 2. The maximum atomic E-state index is 11.7. The van der Waals surface area contributed by atoms with Gasteiger partial charge < -0.3 is 14.6 Å². The molecule has 0 saturated heterocycles. The fourth-order valence-corrected chi connectivity index (χ4v) is 2.13. The Kier molecular flexibility index (Phi) is 6.48. The van der Waals surface area contributed by atoms with E-state index in [0.29, 0.717) is 19.6 Å². The zero-order chi connectivity index (χ0) is 15.6. The molecule has 0 aliphatic carbocycles. The first-order valence-electron chi connectivity index (χ1n) is 7.66. The summed E-state index contributed by atoms with van der Waals surface area (Å²) in [5.74, 6) is 0.974. The fraction of sp³-hybridized carbons (Fsp3) is 0.412. The van der Waals surface area contributed by atoms with Crippen molar-refractivity contribution in [3.8, 4) is 5.75 Å². The molecule has 1 amide bonds. The van der Waals surface area contributed by atoms with Crippen molar-refractivity contribution < 1.29 is 9.53 Å². The lowest BCUT2D eigenvalue weighted by Gasteiger charge is -2.09. The highest BCUT2D eigenvalue weighted by molar-refractivity contribution is 5.75.